The Morgan fingerprint density at radius 2 is 2.33 bits per heavy atom. The normalized spacial score (nSPS) is 14.2. The maximum absolute atomic E-state index is 4.03. The summed E-state index contributed by atoms with van der Waals surface area (Å²) in [6, 6.07) is 3.96. The second-order valence-corrected chi connectivity index (χ2v) is 3.10. The topological polar surface area (TPSA) is 24.9 Å². The second-order valence-electron chi connectivity index (χ2n) is 3.10. The predicted octanol–water partition coefficient (Wildman–Crippen LogP) is 2.56. The maximum Gasteiger partial charge on any atom is 0.0568 e. The number of nitrogens with zero attached hydrogens (tertiary/aromatic N) is 1. The van der Waals surface area contributed by atoms with E-state index in [1.165, 1.54) is 18.5 Å². The van der Waals surface area contributed by atoms with E-state index in [-0.39, 0.29) is 0 Å². The number of rotatable bonds is 2. The number of pyridine rings is 1. The van der Waals surface area contributed by atoms with Crippen molar-refractivity contribution in [1.82, 2.24) is 4.98 Å². The summed E-state index contributed by atoms with van der Waals surface area (Å²) in [5.74, 6) is 0. The van der Waals surface area contributed by atoms with E-state index in [0.717, 1.165) is 5.69 Å². The van der Waals surface area contributed by atoms with Crippen LogP contribution >= 0.6 is 0 Å². The average Bonchev–Trinajstić information content (AvgIpc) is 2.88. The van der Waals surface area contributed by atoms with E-state index in [9.17, 15) is 0 Å². The smallest absolute Gasteiger partial charge is 0.0568 e. The van der Waals surface area contributed by atoms with Crippen LogP contribution < -0.4 is 5.32 Å². The van der Waals surface area contributed by atoms with Gasteiger partial charge in [0, 0.05) is 11.9 Å². The predicted molar refractivity (Wildman–Crippen MR) is 49.8 cm³/mol. The molecule has 1 aliphatic carbocycles. The molecule has 0 unspecified atom stereocenters. The summed E-state index contributed by atoms with van der Waals surface area (Å²) < 4.78 is 0. The van der Waals surface area contributed by atoms with Gasteiger partial charge in [-0.05, 0) is 31.9 Å². The molecule has 1 aromatic rings. The standard InChI is InChI=1S/C10H12N2/c1-8(9-4-5-9)12-10-3-2-6-11-7-10/h2-3,6-7,12H,4-5H2,1H3. The summed E-state index contributed by atoms with van der Waals surface area (Å²) in [6.07, 6.45) is 6.15. The zero-order valence-electron chi connectivity index (χ0n) is 7.17. The fourth-order valence-electron chi connectivity index (χ4n) is 1.18. The van der Waals surface area contributed by atoms with Crippen molar-refractivity contribution < 1.29 is 0 Å². The summed E-state index contributed by atoms with van der Waals surface area (Å²) in [7, 11) is 0. The van der Waals surface area contributed by atoms with Crippen LogP contribution in [0.4, 0.5) is 5.69 Å². The highest BCUT2D eigenvalue weighted by Crippen LogP contribution is 2.31. The fraction of sp³-hybridized carbons (Fsp3) is 0.300. The molecule has 0 saturated heterocycles. The SMILES string of the molecule is CC(Nc1cccnc1)=C1CC1. The van der Waals surface area contributed by atoms with E-state index in [2.05, 4.69) is 17.2 Å². The highest BCUT2D eigenvalue weighted by molar-refractivity contribution is 5.47. The van der Waals surface area contributed by atoms with E-state index >= 15 is 0 Å². The summed E-state index contributed by atoms with van der Waals surface area (Å²) in [6.45, 7) is 2.12. The van der Waals surface area contributed by atoms with Gasteiger partial charge in [0.25, 0.3) is 0 Å². The van der Waals surface area contributed by atoms with Crippen molar-refractivity contribution in [2.24, 2.45) is 0 Å². The molecular weight excluding hydrogens is 148 g/mol. The van der Waals surface area contributed by atoms with Gasteiger partial charge in [-0.25, -0.2) is 0 Å². The number of aromatic nitrogens is 1. The lowest BCUT2D eigenvalue weighted by molar-refractivity contribution is 1.28. The molecule has 1 aromatic heterocycles. The van der Waals surface area contributed by atoms with Gasteiger partial charge in [0.05, 0.1) is 11.9 Å². The maximum atomic E-state index is 4.03. The van der Waals surface area contributed by atoms with Crippen molar-refractivity contribution in [3.63, 3.8) is 0 Å². The van der Waals surface area contributed by atoms with Crippen LogP contribution in [0.3, 0.4) is 0 Å². The molecule has 1 fully saturated rings. The number of nitrogens with one attached hydrogen (secondary N) is 1. The van der Waals surface area contributed by atoms with Crippen molar-refractivity contribution >= 4 is 5.69 Å². The molecule has 2 rings (SSSR count). The van der Waals surface area contributed by atoms with Crippen LogP contribution in [0, 0.1) is 0 Å². The summed E-state index contributed by atoms with van der Waals surface area (Å²) >= 11 is 0. The first-order chi connectivity index (χ1) is 5.86. The lowest BCUT2D eigenvalue weighted by Gasteiger charge is -2.04. The third-order valence-electron chi connectivity index (χ3n) is 2.02. The van der Waals surface area contributed by atoms with Gasteiger partial charge < -0.3 is 5.32 Å². The minimum atomic E-state index is 1.08. The van der Waals surface area contributed by atoms with Gasteiger partial charge in [-0.1, -0.05) is 5.57 Å². The summed E-state index contributed by atoms with van der Waals surface area (Å²) in [5, 5.41) is 3.32. The monoisotopic (exact) mass is 160 g/mol. The molecular formula is C10H12N2. The Bertz CT molecular complexity index is 295. The Balaban J connectivity index is 2.09. The molecule has 0 aliphatic heterocycles. The number of hydrogen-bond acceptors (Lipinski definition) is 2. The summed E-state index contributed by atoms with van der Waals surface area (Å²) in [4.78, 5) is 4.03. The Hall–Kier alpha value is -1.31. The van der Waals surface area contributed by atoms with Crippen molar-refractivity contribution in [2.75, 3.05) is 5.32 Å². The molecule has 1 heterocycles. The molecule has 12 heavy (non-hydrogen) atoms. The van der Waals surface area contributed by atoms with Crippen LogP contribution in [0.2, 0.25) is 0 Å². The molecule has 0 atom stereocenters. The Morgan fingerprint density at radius 3 is 2.92 bits per heavy atom. The highest BCUT2D eigenvalue weighted by Gasteiger charge is 2.14. The van der Waals surface area contributed by atoms with Gasteiger partial charge in [-0.3, -0.25) is 4.98 Å². The molecule has 2 nitrogen and oxygen atoms in total. The minimum Gasteiger partial charge on any atom is -0.358 e. The molecule has 0 spiro atoms. The lowest BCUT2D eigenvalue weighted by Crippen LogP contribution is -1.95. The van der Waals surface area contributed by atoms with Crippen molar-refractivity contribution in [2.45, 2.75) is 19.8 Å². The molecule has 0 bridgehead atoms. The first kappa shape index (κ1) is 7.35. The van der Waals surface area contributed by atoms with Crippen LogP contribution in [-0.2, 0) is 0 Å². The molecule has 1 saturated carbocycles. The number of allylic oxidation sites excluding steroid dienone is 2. The van der Waals surface area contributed by atoms with E-state index < -0.39 is 0 Å². The molecule has 0 radical (unpaired) electrons. The van der Waals surface area contributed by atoms with E-state index in [0.29, 0.717) is 0 Å². The number of anilines is 1. The molecule has 2 heteroatoms. The van der Waals surface area contributed by atoms with Gasteiger partial charge >= 0.3 is 0 Å². The molecule has 0 amide bonds. The molecule has 1 N–H and O–H groups in total. The quantitative estimate of drug-likeness (QED) is 0.719. The van der Waals surface area contributed by atoms with Crippen LogP contribution in [0.25, 0.3) is 0 Å². The van der Waals surface area contributed by atoms with E-state index in [1.807, 2.05) is 18.3 Å². The zero-order chi connectivity index (χ0) is 8.39. The van der Waals surface area contributed by atoms with Gasteiger partial charge in [-0.15, -0.1) is 0 Å². The molecule has 0 aromatic carbocycles. The molecule has 1 aliphatic rings. The Kier molecular flexibility index (Phi) is 1.82. The first-order valence-corrected chi connectivity index (χ1v) is 4.22. The average molecular weight is 160 g/mol. The number of hydrogen-bond donors (Lipinski definition) is 1. The van der Waals surface area contributed by atoms with Crippen molar-refractivity contribution in [3.8, 4) is 0 Å². The van der Waals surface area contributed by atoms with Crippen molar-refractivity contribution in [1.29, 1.82) is 0 Å². The van der Waals surface area contributed by atoms with Gasteiger partial charge in [-0.2, -0.15) is 0 Å². The van der Waals surface area contributed by atoms with Gasteiger partial charge in [0.1, 0.15) is 0 Å². The van der Waals surface area contributed by atoms with Crippen LogP contribution in [0.5, 0.6) is 0 Å². The lowest BCUT2D eigenvalue weighted by atomic mass is 10.3. The third-order valence-corrected chi connectivity index (χ3v) is 2.02. The largest absolute Gasteiger partial charge is 0.358 e. The fourth-order valence-corrected chi connectivity index (χ4v) is 1.18. The van der Waals surface area contributed by atoms with Crippen LogP contribution in [-0.4, -0.2) is 4.98 Å². The highest BCUT2D eigenvalue weighted by atomic mass is 14.9. The Morgan fingerprint density at radius 1 is 1.50 bits per heavy atom. The van der Waals surface area contributed by atoms with Gasteiger partial charge in [0.2, 0.25) is 0 Å². The zero-order valence-corrected chi connectivity index (χ0v) is 7.17. The van der Waals surface area contributed by atoms with Crippen LogP contribution in [0.15, 0.2) is 35.8 Å². The van der Waals surface area contributed by atoms with Gasteiger partial charge in [0.15, 0.2) is 0 Å². The third kappa shape index (κ3) is 1.64. The van der Waals surface area contributed by atoms with Crippen LogP contribution in [0.1, 0.15) is 19.8 Å². The second kappa shape index (κ2) is 2.97. The first-order valence-electron chi connectivity index (χ1n) is 4.22. The summed E-state index contributed by atoms with van der Waals surface area (Å²) in [5.41, 5.74) is 3.91. The minimum absolute atomic E-state index is 1.08. The molecule has 62 valence electrons. The Labute approximate surface area is 72.3 Å². The van der Waals surface area contributed by atoms with E-state index in [4.69, 9.17) is 0 Å². The van der Waals surface area contributed by atoms with E-state index in [1.54, 1.807) is 11.8 Å². The van der Waals surface area contributed by atoms with Crippen molar-refractivity contribution in [3.05, 3.63) is 35.8 Å².